The summed E-state index contributed by atoms with van der Waals surface area (Å²) in [5.41, 5.74) is 3.71. The van der Waals surface area contributed by atoms with Crippen molar-refractivity contribution in [3.8, 4) is 0 Å². The molecule has 0 radical (unpaired) electrons. The molecule has 3 aromatic rings. The minimum absolute atomic E-state index is 0.105. The highest BCUT2D eigenvalue weighted by Crippen LogP contribution is 2.21. The van der Waals surface area contributed by atoms with Crippen LogP contribution in [0.3, 0.4) is 0 Å². The van der Waals surface area contributed by atoms with Crippen LogP contribution in [0.15, 0.2) is 48.5 Å². The molecule has 0 bridgehead atoms. The fourth-order valence-electron chi connectivity index (χ4n) is 3.02. The van der Waals surface area contributed by atoms with Gasteiger partial charge in [0, 0.05) is 19.2 Å². The molecule has 0 spiro atoms. The summed E-state index contributed by atoms with van der Waals surface area (Å²) in [4.78, 5) is 17.2. The molecule has 2 aromatic carbocycles. The number of nitrogens with one attached hydrogen (secondary N) is 1. The van der Waals surface area contributed by atoms with Gasteiger partial charge < -0.3 is 14.6 Å². The molecule has 1 N–H and O–H groups in total. The molecule has 0 fully saturated rings. The predicted octanol–water partition coefficient (Wildman–Crippen LogP) is 3.69. The van der Waals surface area contributed by atoms with Crippen molar-refractivity contribution in [3.05, 3.63) is 65.5 Å². The first kappa shape index (κ1) is 17.2. The van der Waals surface area contributed by atoms with Crippen molar-refractivity contribution in [3.63, 3.8) is 0 Å². The summed E-state index contributed by atoms with van der Waals surface area (Å²) in [5, 5.41) is 3.05. The van der Waals surface area contributed by atoms with Gasteiger partial charge in [0.05, 0.1) is 23.7 Å². The Morgan fingerprint density at radius 2 is 1.92 bits per heavy atom. The van der Waals surface area contributed by atoms with Gasteiger partial charge in [0.1, 0.15) is 5.82 Å². The Hall–Kier alpha value is -2.66. The zero-order valence-electron chi connectivity index (χ0n) is 14.8. The fraction of sp³-hybridized carbons (Fsp3) is 0.300. The molecule has 1 heterocycles. The maximum atomic E-state index is 12.5. The average molecular weight is 337 g/mol. The molecule has 130 valence electrons. The van der Waals surface area contributed by atoms with Gasteiger partial charge in [-0.25, -0.2) is 4.98 Å². The molecular weight excluding hydrogens is 314 g/mol. The molecule has 0 unspecified atom stereocenters. The second-order valence-corrected chi connectivity index (χ2v) is 6.03. The molecule has 1 aromatic heterocycles. The SMILES string of the molecule is CCn1c([C@@H](C)NC(=O)c2ccc(COC)cc2)nc2ccccc21. The summed E-state index contributed by atoms with van der Waals surface area (Å²) in [5.74, 6) is 0.763. The quantitative estimate of drug-likeness (QED) is 0.746. The van der Waals surface area contributed by atoms with Gasteiger partial charge in [0.25, 0.3) is 5.91 Å². The predicted molar refractivity (Wildman–Crippen MR) is 98.4 cm³/mol. The number of ether oxygens (including phenoxy) is 1. The van der Waals surface area contributed by atoms with Crippen molar-refractivity contribution in [2.24, 2.45) is 0 Å². The first-order chi connectivity index (χ1) is 12.1. The topological polar surface area (TPSA) is 56.2 Å². The number of para-hydroxylation sites is 2. The van der Waals surface area contributed by atoms with Crippen LogP contribution in [0.5, 0.6) is 0 Å². The van der Waals surface area contributed by atoms with Crippen LogP contribution in [0.25, 0.3) is 11.0 Å². The Balaban J connectivity index is 1.79. The van der Waals surface area contributed by atoms with Crippen molar-refractivity contribution in [2.45, 2.75) is 33.0 Å². The monoisotopic (exact) mass is 337 g/mol. The van der Waals surface area contributed by atoms with E-state index in [2.05, 4.69) is 22.9 Å². The van der Waals surface area contributed by atoms with Gasteiger partial charge >= 0.3 is 0 Å². The maximum Gasteiger partial charge on any atom is 0.251 e. The van der Waals surface area contributed by atoms with Crippen LogP contribution >= 0.6 is 0 Å². The molecule has 0 aliphatic carbocycles. The van der Waals surface area contributed by atoms with Gasteiger partial charge in [-0.2, -0.15) is 0 Å². The molecule has 1 atom stereocenters. The molecule has 5 nitrogen and oxygen atoms in total. The molecule has 5 heteroatoms. The van der Waals surface area contributed by atoms with E-state index in [4.69, 9.17) is 9.72 Å². The van der Waals surface area contributed by atoms with Gasteiger partial charge in [0.2, 0.25) is 0 Å². The van der Waals surface area contributed by atoms with Crippen LogP contribution in [-0.4, -0.2) is 22.6 Å². The molecule has 3 rings (SSSR count). The Bertz CT molecular complexity index is 868. The lowest BCUT2D eigenvalue weighted by atomic mass is 10.1. The Kier molecular flexibility index (Phi) is 5.14. The molecule has 0 aliphatic heterocycles. The second-order valence-electron chi connectivity index (χ2n) is 6.03. The summed E-state index contributed by atoms with van der Waals surface area (Å²) in [6.07, 6.45) is 0. The Morgan fingerprint density at radius 3 is 2.60 bits per heavy atom. The number of aryl methyl sites for hydroxylation is 1. The molecule has 0 saturated heterocycles. The lowest BCUT2D eigenvalue weighted by Gasteiger charge is -2.15. The van der Waals surface area contributed by atoms with E-state index in [1.54, 1.807) is 7.11 Å². The standard InChI is InChI=1S/C20H23N3O2/c1-4-23-18-8-6-5-7-17(18)22-19(23)14(2)21-20(24)16-11-9-15(10-12-16)13-25-3/h5-12,14H,4,13H2,1-3H3,(H,21,24)/t14-/m1/s1. The van der Waals surface area contributed by atoms with Crippen molar-refractivity contribution >= 4 is 16.9 Å². The van der Waals surface area contributed by atoms with E-state index in [9.17, 15) is 4.79 Å². The van der Waals surface area contributed by atoms with E-state index >= 15 is 0 Å². The Morgan fingerprint density at radius 1 is 1.20 bits per heavy atom. The number of rotatable bonds is 6. The fourth-order valence-corrected chi connectivity index (χ4v) is 3.02. The normalized spacial score (nSPS) is 12.3. The van der Waals surface area contributed by atoms with Crippen molar-refractivity contribution < 1.29 is 9.53 Å². The second kappa shape index (κ2) is 7.49. The number of hydrogen-bond donors (Lipinski definition) is 1. The number of imidazole rings is 1. The van der Waals surface area contributed by atoms with Gasteiger partial charge in [0.15, 0.2) is 0 Å². The van der Waals surface area contributed by atoms with Crippen molar-refractivity contribution in [1.82, 2.24) is 14.9 Å². The smallest absolute Gasteiger partial charge is 0.251 e. The van der Waals surface area contributed by atoms with Crippen LogP contribution in [-0.2, 0) is 17.9 Å². The highest BCUT2D eigenvalue weighted by Gasteiger charge is 2.18. The lowest BCUT2D eigenvalue weighted by molar-refractivity contribution is 0.0937. The van der Waals surface area contributed by atoms with E-state index in [0.717, 1.165) is 29.0 Å². The number of benzene rings is 2. The average Bonchev–Trinajstić information content (AvgIpc) is 3.01. The van der Waals surface area contributed by atoms with E-state index in [1.807, 2.05) is 49.4 Å². The third-order valence-corrected chi connectivity index (χ3v) is 4.26. The molecule has 0 saturated carbocycles. The third kappa shape index (κ3) is 3.56. The number of fused-ring (bicyclic) bond motifs is 1. The van der Waals surface area contributed by atoms with E-state index in [1.165, 1.54) is 0 Å². The minimum Gasteiger partial charge on any atom is -0.380 e. The number of carbonyl (C=O) groups excluding carboxylic acids is 1. The number of nitrogens with zero attached hydrogens (tertiary/aromatic N) is 2. The van der Waals surface area contributed by atoms with E-state index in [0.29, 0.717) is 12.2 Å². The van der Waals surface area contributed by atoms with Crippen LogP contribution in [0.4, 0.5) is 0 Å². The number of carbonyl (C=O) groups is 1. The first-order valence-corrected chi connectivity index (χ1v) is 8.48. The third-order valence-electron chi connectivity index (χ3n) is 4.26. The maximum absolute atomic E-state index is 12.5. The van der Waals surface area contributed by atoms with Crippen LogP contribution in [0.2, 0.25) is 0 Å². The highest BCUT2D eigenvalue weighted by molar-refractivity contribution is 5.94. The van der Waals surface area contributed by atoms with E-state index < -0.39 is 0 Å². The van der Waals surface area contributed by atoms with Crippen LogP contribution in [0, 0.1) is 0 Å². The summed E-state index contributed by atoms with van der Waals surface area (Å²) in [7, 11) is 1.65. The van der Waals surface area contributed by atoms with Gasteiger partial charge in [-0.1, -0.05) is 24.3 Å². The van der Waals surface area contributed by atoms with Crippen LogP contribution in [0.1, 0.15) is 41.6 Å². The molecular formula is C20H23N3O2. The summed E-state index contributed by atoms with van der Waals surface area (Å²) in [6.45, 7) is 5.39. The largest absolute Gasteiger partial charge is 0.380 e. The van der Waals surface area contributed by atoms with Gasteiger partial charge in [-0.05, 0) is 43.7 Å². The van der Waals surface area contributed by atoms with Gasteiger partial charge in [-0.3, -0.25) is 4.79 Å². The zero-order valence-corrected chi connectivity index (χ0v) is 14.8. The minimum atomic E-state index is -0.182. The first-order valence-electron chi connectivity index (χ1n) is 8.48. The summed E-state index contributed by atoms with van der Waals surface area (Å²) >= 11 is 0. The lowest BCUT2D eigenvalue weighted by Crippen LogP contribution is -2.28. The Labute approximate surface area is 147 Å². The zero-order chi connectivity index (χ0) is 17.8. The number of amides is 1. The summed E-state index contributed by atoms with van der Waals surface area (Å²) in [6, 6.07) is 15.3. The number of methoxy groups -OCH3 is 1. The van der Waals surface area contributed by atoms with Gasteiger partial charge in [-0.15, -0.1) is 0 Å². The van der Waals surface area contributed by atoms with Crippen molar-refractivity contribution in [2.75, 3.05) is 7.11 Å². The van der Waals surface area contributed by atoms with Crippen molar-refractivity contribution in [1.29, 1.82) is 0 Å². The number of hydrogen-bond acceptors (Lipinski definition) is 3. The number of aromatic nitrogens is 2. The molecule has 1 amide bonds. The molecule has 25 heavy (non-hydrogen) atoms. The molecule has 0 aliphatic rings. The van der Waals surface area contributed by atoms with E-state index in [-0.39, 0.29) is 11.9 Å². The summed E-state index contributed by atoms with van der Waals surface area (Å²) < 4.78 is 7.23. The van der Waals surface area contributed by atoms with Crippen LogP contribution < -0.4 is 5.32 Å². The highest BCUT2D eigenvalue weighted by atomic mass is 16.5.